The Kier molecular flexibility index (Phi) is 12.3. The first-order chi connectivity index (χ1) is 6.18. The predicted molar refractivity (Wildman–Crippen MR) is 66.9 cm³/mol. The lowest BCUT2D eigenvalue weighted by atomic mass is 10.1. The number of aliphatic hydroxyl groups excluding tert-OH is 2. The summed E-state index contributed by atoms with van der Waals surface area (Å²) in [6, 6.07) is 0. The lowest BCUT2D eigenvalue weighted by Gasteiger charge is -2.21. The Morgan fingerprint density at radius 1 is 1.07 bits per heavy atom. The largest absolute Gasteiger partial charge is 0.394 e. The number of hydrogen-bond acceptors (Lipinski definition) is 4. The molecule has 96 valence electrons. The summed E-state index contributed by atoms with van der Waals surface area (Å²) in [6.07, 6.45) is 0. The average Bonchev–Trinajstić information content (AvgIpc) is 2.04. The first kappa shape index (κ1) is 20.3. The summed E-state index contributed by atoms with van der Waals surface area (Å²) in [4.78, 5) is 0. The summed E-state index contributed by atoms with van der Waals surface area (Å²) in [5.41, 5.74) is 4.78. The third-order valence-electron chi connectivity index (χ3n) is 1.46. The van der Waals surface area contributed by atoms with Crippen molar-refractivity contribution >= 4 is 0 Å². The molecule has 0 rings (SSSR count). The number of hydrogen-bond donors (Lipinski definition) is 4. The van der Waals surface area contributed by atoms with Crippen LogP contribution < -0.4 is 11.1 Å². The minimum Gasteiger partial charge on any atom is -0.394 e. The minimum absolute atomic E-state index is 0. The van der Waals surface area contributed by atoms with Crippen molar-refractivity contribution in [2.45, 2.75) is 53.1 Å². The zero-order valence-corrected chi connectivity index (χ0v) is 10.1. The van der Waals surface area contributed by atoms with E-state index in [2.05, 4.69) is 5.32 Å². The Bertz CT molecular complexity index is 131. The Morgan fingerprint density at radius 2 is 1.40 bits per heavy atom. The molecular weight excluding hydrogens is 192 g/mol. The van der Waals surface area contributed by atoms with E-state index < -0.39 is 5.54 Å². The van der Waals surface area contributed by atoms with Crippen LogP contribution in [0.2, 0.25) is 0 Å². The highest BCUT2D eigenvalue weighted by atomic mass is 16.3. The van der Waals surface area contributed by atoms with Gasteiger partial charge in [-0.15, -0.1) is 0 Å². The Hall–Kier alpha value is -0.160. The summed E-state index contributed by atoms with van der Waals surface area (Å²) >= 11 is 0. The quantitative estimate of drug-likeness (QED) is 0.565. The van der Waals surface area contributed by atoms with Crippen molar-refractivity contribution in [1.29, 1.82) is 0 Å². The summed E-state index contributed by atoms with van der Waals surface area (Å²) in [5.74, 6) is 0. The molecule has 4 nitrogen and oxygen atoms in total. The standard InChI is InChI=1S/C6H15NO.C4H11NO.CH4/c1-4-7-6(2,3)5-8;1-4(2,5)3-6;/h7-8H,4-5H2,1-3H3;6H,3,5H2,1-2H3;1H4. The van der Waals surface area contributed by atoms with Gasteiger partial charge in [-0.05, 0) is 34.2 Å². The van der Waals surface area contributed by atoms with E-state index in [-0.39, 0.29) is 26.2 Å². The molecule has 0 fully saturated rings. The van der Waals surface area contributed by atoms with E-state index in [1.54, 1.807) is 13.8 Å². The van der Waals surface area contributed by atoms with Gasteiger partial charge in [-0.1, -0.05) is 14.4 Å². The smallest absolute Gasteiger partial charge is 0.0607 e. The van der Waals surface area contributed by atoms with Gasteiger partial charge < -0.3 is 21.3 Å². The van der Waals surface area contributed by atoms with Crippen molar-refractivity contribution in [3.8, 4) is 0 Å². The molecule has 15 heavy (non-hydrogen) atoms. The van der Waals surface area contributed by atoms with Crippen molar-refractivity contribution < 1.29 is 10.2 Å². The van der Waals surface area contributed by atoms with Gasteiger partial charge in [0.2, 0.25) is 0 Å². The molecule has 0 aliphatic rings. The van der Waals surface area contributed by atoms with Crippen LogP contribution in [0.25, 0.3) is 0 Å². The first-order valence-corrected chi connectivity index (χ1v) is 4.94. The van der Waals surface area contributed by atoms with Crippen LogP contribution in [-0.2, 0) is 0 Å². The second kappa shape index (κ2) is 9.09. The van der Waals surface area contributed by atoms with Gasteiger partial charge >= 0.3 is 0 Å². The van der Waals surface area contributed by atoms with Gasteiger partial charge in [0.05, 0.1) is 13.2 Å². The molecule has 4 heteroatoms. The SMILES string of the molecule is C.CC(C)(N)CO.CCNC(C)(C)CO. The molecule has 0 radical (unpaired) electrons. The highest BCUT2D eigenvalue weighted by Gasteiger charge is 2.12. The fraction of sp³-hybridized carbons (Fsp3) is 1.00. The van der Waals surface area contributed by atoms with Crippen molar-refractivity contribution in [3.05, 3.63) is 0 Å². The van der Waals surface area contributed by atoms with Gasteiger partial charge in [0.15, 0.2) is 0 Å². The van der Waals surface area contributed by atoms with Gasteiger partial charge in [-0.2, -0.15) is 0 Å². The topological polar surface area (TPSA) is 78.5 Å². The molecule has 0 aliphatic carbocycles. The Balaban J connectivity index is -0.000000187. The Morgan fingerprint density at radius 3 is 1.47 bits per heavy atom. The van der Waals surface area contributed by atoms with Crippen molar-refractivity contribution in [2.75, 3.05) is 19.8 Å². The van der Waals surface area contributed by atoms with E-state index in [1.165, 1.54) is 0 Å². The lowest BCUT2D eigenvalue weighted by molar-refractivity contribution is 0.191. The van der Waals surface area contributed by atoms with Gasteiger partial charge in [-0.3, -0.25) is 0 Å². The maximum absolute atomic E-state index is 8.66. The van der Waals surface area contributed by atoms with E-state index >= 15 is 0 Å². The number of aliphatic hydroxyl groups is 2. The molecule has 0 amide bonds. The van der Waals surface area contributed by atoms with Crippen LogP contribution in [0.4, 0.5) is 0 Å². The molecule has 0 aromatic heterocycles. The van der Waals surface area contributed by atoms with E-state index in [0.717, 1.165) is 6.54 Å². The van der Waals surface area contributed by atoms with Gasteiger partial charge in [0.1, 0.15) is 0 Å². The maximum Gasteiger partial charge on any atom is 0.0607 e. The summed E-state index contributed by atoms with van der Waals surface area (Å²) in [7, 11) is 0. The van der Waals surface area contributed by atoms with Gasteiger partial charge in [0, 0.05) is 11.1 Å². The highest BCUT2D eigenvalue weighted by molar-refractivity contribution is 4.74. The summed E-state index contributed by atoms with van der Waals surface area (Å²) in [6.45, 7) is 10.7. The first-order valence-electron chi connectivity index (χ1n) is 4.94. The van der Waals surface area contributed by atoms with Crippen LogP contribution in [-0.4, -0.2) is 41.0 Å². The van der Waals surface area contributed by atoms with E-state index in [1.807, 2.05) is 20.8 Å². The van der Waals surface area contributed by atoms with Crippen molar-refractivity contribution in [2.24, 2.45) is 5.73 Å². The average molecular weight is 222 g/mol. The molecular formula is C11H30N2O2. The van der Waals surface area contributed by atoms with Crippen LogP contribution in [0.15, 0.2) is 0 Å². The van der Waals surface area contributed by atoms with Gasteiger partial charge in [-0.25, -0.2) is 0 Å². The second-order valence-electron chi connectivity index (χ2n) is 4.72. The third-order valence-corrected chi connectivity index (χ3v) is 1.46. The number of nitrogens with two attached hydrogens (primary N) is 1. The van der Waals surface area contributed by atoms with Crippen LogP contribution in [0, 0.1) is 0 Å². The molecule has 0 aromatic carbocycles. The molecule has 0 atom stereocenters. The maximum atomic E-state index is 8.66. The number of nitrogens with one attached hydrogen (secondary N) is 1. The van der Waals surface area contributed by atoms with E-state index in [0.29, 0.717) is 0 Å². The number of rotatable bonds is 4. The molecule has 0 aliphatic heterocycles. The molecule has 5 N–H and O–H groups in total. The fourth-order valence-electron chi connectivity index (χ4n) is 0.534. The van der Waals surface area contributed by atoms with E-state index in [9.17, 15) is 0 Å². The van der Waals surface area contributed by atoms with Crippen LogP contribution >= 0.6 is 0 Å². The molecule has 0 unspecified atom stereocenters. The monoisotopic (exact) mass is 222 g/mol. The normalized spacial score (nSPS) is 11.2. The molecule has 0 saturated carbocycles. The van der Waals surface area contributed by atoms with Crippen LogP contribution in [0.1, 0.15) is 42.0 Å². The lowest BCUT2D eigenvalue weighted by Crippen LogP contribution is -2.42. The Labute approximate surface area is 94.9 Å². The summed E-state index contributed by atoms with van der Waals surface area (Å²) < 4.78 is 0. The second-order valence-corrected chi connectivity index (χ2v) is 4.72. The zero-order chi connectivity index (χ0) is 11.8. The molecule has 0 aromatic rings. The molecule has 0 saturated heterocycles. The zero-order valence-electron chi connectivity index (χ0n) is 10.1. The molecule has 0 spiro atoms. The van der Waals surface area contributed by atoms with Crippen molar-refractivity contribution in [3.63, 3.8) is 0 Å². The molecule has 0 bridgehead atoms. The highest BCUT2D eigenvalue weighted by Crippen LogP contribution is 1.97. The molecule has 0 heterocycles. The predicted octanol–water partition coefficient (Wildman–Crippen LogP) is 0.719. The van der Waals surface area contributed by atoms with Gasteiger partial charge in [0.25, 0.3) is 0 Å². The van der Waals surface area contributed by atoms with Crippen LogP contribution in [0.3, 0.4) is 0 Å². The number of likely N-dealkylation sites (N-methyl/N-ethyl adjacent to an activating group) is 1. The fourth-order valence-corrected chi connectivity index (χ4v) is 0.534. The van der Waals surface area contributed by atoms with Crippen LogP contribution in [0.5, 0.6) is 0 Å². The minimum atomic E-state index is -0.403. The van der Waals surface area contributed by atoms with E-state index in [4.69, 9.17) is 15.9 Å². The third kappa shape index (κ3) is 20.0. The van der Waals surface area contributed by atoms with Crippen molar-refractivity contribution in [1.82, 2.24) is 5.32 Å². The summed E-state index contributed by atoms with van der Waals surface area (Å²) in [5, 5.41) is 20.1.